The van der Waals surface area contributed by atoms with Crippen molar-refractivity contribution in [2.24, 2.45) is 5.73 Å². The maximum atomic E-state index is 12.3. The minimum Gasteiger partial charge on any atom is -0.329 e. The number of para-hydroxylation sites is 1. The molecule has 1 aromatic rings. The SMILES string of the molecule is Cc1cccc(C)c1NC(=O)CN1CCCCC1CN.Cl. The number of amides is 1. The quantitative estimate of drug-likeness (QED) is 0.898. The molecule has 1 aliphatic heterocycles. The number of nitrogens with two attached hydrogens (primary N) is 1. The van der Waals surface area contributed by atoms with Gasteiger partial charge in [-0.1, -0.05) is 24.6 Å². The van der Waals surface area contributed by atoms with Crippen LogP contribution >= 0.6 is 12.4 Å². The number of rotatable bonds is 4. The van der Waals surface area contributed by atoms with E-state index in [0.717, 1.165) is 36.2 Å². The molecule has 1 aliphatic rings. The Bertz CT molecular complexity index is 458. The first-order chi connectivity index (χ1) is 9.61. The molecule has 1 unspecified atom stereocenters. The third-order valence-corrected chi connectivity index (χ3v) is 4.11. The molecule has 0 saturated carbocycles. The lowest BCUT2D eigenvalue weighted by atomic mass is 10.0. The minimum atomic E-state index is 0. The standard InChI is InChI=1S/C16H25N3O.ClH/c1-12-6-5-7-13(2)16(12)18-15(20)11-19-9-4-3-8-14(19)10-17;/h5-7,14H,3-4,8-11,17H2,1-2H3,(H,18,20);1H. The van der Waals surface area contributed by atoms with Crippen molar-refractivity contribution in [3.05, 3.63) is 29.3 Å². The van der Waals surface area contributed by atoms with E-state index in [4.69, 9.17) is 5.73 Å². The molecule has 118 valence electrons. The predicted molar refractivity (Wildman–Crippen MR) is 90.1 cm³/mol. The Labute approximate surface area is 133 Å². The second kappa shape index (κ2) is 8.37. The third kappa shape index (κ3) is 4.70. The van der Waals surface area contributed by atoms with Gasteiger partial charge < -0.3 is 11.1 Å². The predicted octanol–water partition coefficient (Wildman–Crippen LogP) is 2.48. The molecule has 1 aromatic carbocycles. The molecule has 1 amide bonds. The largest absolute Gasteiger partial charge is 0.329 e. The third-order valence-electron chi connectivity index (χ3n) is 4.11. The van der Waals surface area contributed by atoms with Crippen molar-refractivity contribution >= 4 is 24.0 Å². The molecular weight excluding hydrogens is 286 g/mol. The summed E-state index contributed by atoms with van der Waals surface area (Å²) in [5, 5.41) is 3.05. The van der Waals surface area contributed by atoms with Crippen molar-refractivity contribution in [3.63, 3.8) is 0 Å². The van der Waals surface area contributed by atoms with Gasteiger partial charge in [0.15, 0.2) is 0 Å². The van der Waals surface area contributed by atoms with Crippen LogP contribution in [-0.4, -0.2) is 36.5 Å². The van der Waals surface area contributed by atoms with Gasteiger partial charge in [0, 0.05) is 18.3 Å². The molecule has 0 aromatic heterocycles. The van der Waals surface area contributed by atoms with Crippen LogP contribution in [0.15, 0.2) is 18.2 Å². The molecule has 1 heterocycles. The van der Waals surface area contributed by atoms with Gasteiger partial charge in [-0.15, -0.1) is 12.4 Å². The second-order valence-electron chi connectivity index (χ2n) is 5.67. The Morgan fingerprint density at radius 1 is 1.33 bits per heavy atom. The zero-order valence-electron chi connectivity index (χ0n) is 12.9. The van der Waals surface area contributed by atoms with Crippen molar-refractivity contribution in [2.75, 3.05) is 25.0 Å². The first-order valence-electron chi connectivity index (χ1n) is 7.42. The van der Waals surface area contributed by atoms with E-state index < -0.39 is 0 Å². The van der Waals surface area contributed by atoms with E-state index in [2.05, 4.69) is 10.2 Å². The number of carbonyl (C=O) groups is 1. The van der Waals surface area contributed by atoms with E-state index in [1.165, 1.54) is 6.42 Å². The number of halogens is 1. The fraction of sp³-hybridized carbons (Fsp3) is 0.562. The summed E-state index contributed by atoms with van der Waals surface area (Å²) in [6.07, 6.45) is 3.48. The lowest BCUT2D eigenvalue weighted by molar-refractivity contribution is -0.118. The lowest BCUT2D eigenvalue weighted by Gasteiger charge is -2.34. The Morgan fingerprint density at radius 3 is 2.62 bits per heavy atom. The number of aryl methyl sites for hydroxylation is 2. The van der Waals surface area contributed by atoms with Crippen LogP contribution in [0.4, 0.5) is 5.69 Å². The van der Waals surface area contributed by atoms with Crippen molar-refractivity contribution in [1.82, 2.24) is 4.90 Å². The zero-order chi connectivity index (χ0) is 14.5. The minimum absolute atomic E-state index is 0. The normalized spacial score (nSPS) is 18.9. The van der Waals surface area contributed by atoms with E-state index in [1.807, 2.05) is 32.0 Å². The Kier molecular flexibility index (Phi) is 7.15. The summed E-state index contributed by atoms with van der Waals surface area (Å²) >= 11 is 0. The van der Waals surface area contributed by atoms with Gasteiger partial charge in [-0.2, -0.15) is 0 Å². The van der Waals surface area contributed by atoms with Crippen LogP contribution in [0.5, 0.6) is 0 Å². The molecule has 4 nitrogen and oxygen atoms in total. The maximum absolute atomic E-state index is 12.3. The molecule has 5 heteroatoms. The fourth-order valence-corrected chi connectivity index (χ4v) is 2.91. The Morgan fingerprint density at radius 2 is 2.00 bits per heavy atom. The molecule has 1 fully saturated rings. The summed E-state index contributed by atoms with van der Waals surface area (Å²) in [6.45, 7) is 6.09. The van der Waals surface area contributed by atoms with Crippen LogP contribution in [0.1, 0.15) is 30.4 Å². The van der Waals surface area contributed by atoms with Crippen molar-refractivity contribution < 1.29 is 4.79 Å². The molecule has 1 saturated heterocycles. The van der Waals surface area contributed by atoms with Crippen LogP contribution in [-0.2, 0) is 4.79 Å². The summed E-state index contributed by atoms with van der Waals surface area (Å²) in [5.41, 5.74) is 8.95. The highest BCUT2D eigenvalue weighted by Crippen LogP contribution is 2.20. The van der Waals surface area contributed by atoms with E-state index in [9.17, 15) is 4.79 Å². The molecular formula is C16H26ClN3O. The summed E-state index contributed by atoms with van der Waals surface area (Å²) in [7, 11) is 0. The van der Waals surface area contributed by atoms with Crippen molar-refractivity contribution in [1.29, 1.82) is 0 Å². The van der Waals surface area contributed by atoms with Crippen molar-refractivity contribution in [3.8, 4) is 0 Å². The van der Waals surface area contributed by atoms with Gasteiger partial charge in [0.25, 0.3) is 0 Å². The number of likely N-dealkylation sites (tertiary alicyclic amines) is 1. The molecule has 0 bridgehead atoms. The number of piperidine rings is 1. The molecule has 21 heavy (non-hydrogen) atoms. The van der Waals surface area contributed by atoms with Crippen LogP contribution in [0.2, 0.25) is 0 Å². The van der Waals surface area contributed by atoms with Gasteiger partial charge in [-0.3, -0.25) is 9.69 Å². The highest BCUT2D eigenvalue weighted by molar-refractivity contribution is 5.93. The number of carbonyl (C=O) groups excluding carboxylic acids is 1. The first kappa shape index (κ1) is 18.0. The molecule has 1 atom stereocenters. The second-order valence-corrected chi connectivity index (χ2v) is 5.67. The van der Waals surface area contributed by atoms with Gasteiger partial charge in [-0.25, -0.2) is 0 Å². The van der Waals surface area contributed by atoms with Gasteiger partial charge in [0.05, 0.1) is 6.54 Å². The van der Waals surface area contributed by atoms with E-state index in [0.29, 0.717) is 19.1 Å². The van der Waals surface area contributed by atoms with Crippen LogP contribution in [0, 0.1) is 13.8 Å². The van der Waals surface area contributed by atoms with E-state index >= 15 is 0 Å². The highest BCUT2D eigenvalue weighted by atomic mass is 35.5. The average Bonchev–Trinajstić information content (AvgIpc) is 2.44. The van der Waals surface area contributed by atoms with Gasteiger partial charge in [0.2, 0.25) is 5.91 Å². The van der Waals surface area contributed by atoms with E-state index in [1.54, 1.807) is 0 Å². The molecule has 0 radical (unpaired) electrons. The summed E-state index contributed by atoms with van der Waals surface area (Å²) in [5.74, 6) is 0.0581. The fourth-order valence-electron chi connectivity index (χ4n) is 2.91. The van der Waals surface area contributed by atoms with Crippen LogP contribution < -0.4 is 11.1 Å². The number of anilines is 1. The number of nitrogens with one attached hydrogen (secondary N) is 1. The first-order valence-corrected chi connectivity index (χ1v) is 7.42. The molecule has 0 aliphatic carbocycles. The van der Waals surface area contributed by atoms with Gasteiger partial charge in [-0.05, 0) is 44.4 Å². The monoisotopic (exact) mass is 311 g/mol. The number of hydrogen-bond acceptors (Lipinski definition) is 3. The molecule has 0 spiro atoms. The number of benzene rings is 1. The molecule has 3 N–H and O–H groups in total. The Balaban J connectivity index is 0.00000220. The summed E-state index contributed by atoms with van der Waals surface area (Å²) < 4.78 is 0. The average molecular weight is 312 g/mol. The smallest absolute Gasteiger partial charge is 0.238 e. The molecule has 2 rings (SSSR count). The van der Waals surface area contributed by atoms with Gasteiger partial charge >= 0.3 is 0 Å². The van der Waals surface area contributed by atoms with Crippen LogP contribution in [0.3, 0.4) is 0 Å². The topological polar surface area (TPSA) is 58.4 Å². The Hall–Kier alpha value is -1.10. The summed E-state index contributed by atoms with van der Waals surface area (Å²) in [4.78, 5) is 14.5. The number of hydrogen-bond donors (Lipinski definition) is 2. The maximum Gasteiger partial charge on any atom is 0.238 e. The lowest BCUT2D eigenvalue weighted by Crippen LogP contribution is -2.47. The number of nitrogens with zero attached hydrogens (tertiary/aromatic N) is 1. The summed E-state index contributed by atoms with van der Waals surface area (Å²) in [6, 6.07) is 6.40. The van der Waals surface area contributed by atoms with Crippen molar-refractivity contribution in [2.45, 2.75) is 39.2 Å². The van der Waals surface area contributed by atoms with Crippen LogP contribution in [0.25, 0.3) is 0 Å². The highest BCUT2D eigenvalue weighted by Gasteiger charge is 2.23. The zero-order valence-corrected chi connectivity index (χ0v) is 13.7. The van der Waals surface area contributed by atoms with Gasteiger partial charge in [0.1, 0.15) is 0 Å². The van der Waals surface area contributed by atoms with E-state index in [-0.39, 0.29) is 18.3 Å².